The molecule has 0 saturated heterocycles. The number of hydrogen-bond donors (Lipinski definition) is 2. The van der Waals surface area contributed by atoms with Gasteiger partial charge in [0.25, 0.3) is 0 Å². The molecule has 2 aromatic heterocycles. The second kappa shape index (κ2) is 3.84. The molecule has 0 bridgehead atoms. The van der Waals surface area contributed by atoms with Crippen LogP contribution < -0.4 is 4.74 Å². The molecule has 0 atom stereocenters. The van der Waals surface area contributed by atoms with Gasteiger partial charge in [-0.1, -0.05) is 6.92 Å². The molecule has 5 heteroatoms. The van der Waals surface area contributed by atoms with Gasteiger partial charge in [0.1, 0.15) is 22.3 Å². The van der Waals surface area contributed by atoms with Crippen molar-refractivity contribution in [2.75, 3.05) is 7.11 Å². The second-order valence-electron chi connectivity index (χ2n) is 3.37. The van der Waals surface area contributed by atoms with E-state index in [0.717, 1.165) is 0 Å². The quantitative estimate of drug-likeness (QED) is 0.827. The van der Waals surface area contributed by atoms with E-state index in [9.17, 15) is 4.79 Å². The molecule has 0 aromatic carbocycles. The van der Waals surface area contributed by atoms with E-state index in [2.05, 4.69) is 9.97 Å². The van der Waals surface area contributed by atoms with E-state index in [1.807, 2.05) is 6.92 Å². The molecular weight excluding hydrogens is 208 g/mol. The Kier molecular flexibility index (Phi) is 2.52. The zero-order chi connectivity index (χ0) is 11.7. The van der Waals surface area contributed by atoms with Crippen molar-refractivity contribution in [3.63, 3.8) is 0 Å². The lowest BCUT2D eigenvalue weighted by Gasteiger charge is -1.99. The van der Waals surface area contributed by atoms with E-state index in [0.29, 0.717) is 28.9 Å². The van der Waals surface area contributed by atoms with Crippen LogP contribution in [0.4, 0.5) is 0 Å². The highest BCUT2D eigenvalue weighted by molar-refractivity contribution is 6.04. The number of rotatable bonds is 3. The third kappa shape index (κ3) is 1.41. The van der Waals surface area contributed by atoms with Gasteiger partial charge in [-0.25, -0.2) is 4.79 Å². The number of pyridine rings is 1. The summed E-state index contributed by atoms with van der Waals surface area (Å²) in [6.07, 6.45) is 2.15. The summed E-state index contributed by atoms with van der Waals surface area (Å²) in [5.74, 6) is -0.365. The van der Waals surface area contributed by atoms with E-state index in [1.54, 1.807) is 19.4 Å². The van der Waals surface area contributed by atoms with Crippen LogP contribution in [0.1, 0.15) is 23.0 Å². The van der Waals surface area contributed by atoms with E-state index < -0.39 is 5.97 Å². The van der Waals surface area contributed by atoms with Crippen LogP contribution in [0.25, 0.3) is 11.0 Å². The Bertz CT molecular complexity index is 545. The van der Waals surface area contributed by atoms with E-state index in [-0.39, 0.29) is 5.56 Å². The summed E-state index contributed by atoms with van der Waals surface area (Å²) >= 11 is 0. The summed E-state index contributed by atoms with van der Waals surface area (Å²) < 4.78 is 5.16. The topological polar surface area (TPSA) is 75.2 Å². The Labute approximate surface area is 92.1 Å². The molecule has 0 aliphatic heterocycles. The van der Waals surface area contributed by atoms with Crippen molar-refractivity contribution in [1.82, 2.24) is 9.97 Å². The average Bonchev–Trinajstić information content (AvgIpc) is 2.66. The minimum Gasteiger partial charge on any atom is -0.494 e. The van der Waals surface area contributed by atoms with Crippen LogP contribution in [0, 0.1) is 0 Å². The molecule has 0 radical (unpaired) electrons. The Balaban J connectivity index is 2.82. The first-order valence-corrected chi connectivity index (χ1v) is 4.95. The van der Waals surface area contributed by atoms with Gasteiger partial charge in [0.05, 0.1) is 7.11 Å². The monoisotopic (exact) mass is 220 g/mol. The Morgan fingerprint density at radius 1 is 1.62 bits per heavy atom. The molecule has 5 nitrogen and oxygen atoms in total. The minimum atomic E-state index is -0.969. The molecule has 2 N–H and O–H groups in total. The fraction of sp³-hybridized carbons (Fsp3) is 0.273. The Morgan fingerprint density at radius 3 is 2.94 bits per heavy atom. The fourth-order valence-electron chi connectivity index (χ4n) is 1.78. The number of carboxylic acids is 1. The number of methoxy groups -OCH3 is 1. The van der Waals surface area contributed by atoms with Gasteiger partial charge in [-0.05, 0) is 6.42 Å². The smallest absolute Gasteiger partial charge is 0.339 e. The largest absolute Gasteiger partial charge is 0.494 e. The second-order valence-corrected chi connectivity index (χ2v) is 3.37. The fourth-order valence-corrected chi connectivity index (χ4v) is 1.78. The van der Waals surface area contributed by atoms with Gasteiger partial charge in [-0.2, -0.15) is 0 Å². The zero-order valence-electron chi connectivity index (χ0n) is 9.07. The number of ether oxygens (including phenoxy) is 1. The van der Waals surface area contributed by atoms with Gasteiger partial charge in [0.15, 0.2) is 0 Å². The molecule has 2 rings (SSSR count). The predicted molar refractivity (Wildman–Crippen MR) is 59.0 cm³/mol. The first-order valence-electron chi connectivity index (χ1n) is 4.95. The van der Waals surface area contributed by atoms with Crippen LogP contribution >= 0.6 is 0 Å². The summed E-state index contributed by atoms with van der Waals surface area (Å²) in [4.78, 5) is 18.3. The van der Waals surface area contributed by atoms with Gasteiger partial charge < -0.3 is 14.8 Å². The lowest BCUT2D eigenvalue weighted by atomic mass is 10.2. The molecule has 84 valence electrons. The van der Waals surface area contributed by atoms with Crippen molar-refractivity contribution in [3.05, 3.63) is 23.5 Å². The van der Waals surface area contributed by atoms with Crippen LogP contribution in [-0.2, 0) is 6.42 Å². The standard InChI is InChI=1S/C11H12N2O3/c1-3-6-8(11(14)15)10-9(13-6)7(16-2)4-5-12-10/h4-5,13H,3H2,1-2H3,(H,14,15). The highest BCUT2D eigenvalue weighted by atomic mass is 16.5. The highest BCUT2D eigenvalue weighted by Gasteiger charge is 2.19. The van der Waals surface area contributed by atoms with E-state index in [4.69, 9.17) is 9.84 Å². The molecule has 0 amide bonds. The molecular formula is C11H12N2O3. The van der Waals surface area contributed by atoms with Gasteiger partial charge in [-0.3, -0.25) is 4.98 Å². The molecule has 0 aliphatic rings. The summed E-state index contributed by atoms with van der Waals surface area (Å²) in [5.41, 5.74) is 1.99. The SMILES string of the molecule is CCc1[nH]c2c(OC)ccnc2c1C(=O)O. The summed E-state index contributed by atoms with van der Waals surface area (Å²) in [6.45, 7) is 1.89. The van der Waals surface area contributed by atoms with Crippen LogP contribution in [0.5, 0.6) is 5.75 Å². The van der Waals surface area contributed by atoms with Crippen LogP contribution in [0.15, 0.2) is 12.3 Å². The Morgan fingerprint density at radius 2 is 2.38 bits per heavy atom. The predicted octanol–water partition coefficient (Wildman–Crippen LogP) is 1.83. The molecule has 2 aromatic rings. The number of aryl methyl sites for hydroxylation is 1. The number of carbonyl (C=O) groups is 1. The van der Waals surface area contributed by atoms with Crippen LogP contribution in [0.2, 0.25) is 0 Å². The summed E-state index contributed by atoms with van der Waals surface area (Å²) in [7, 11) is 1.54. The normalized spacial score (nSPS) is 10.6. The summed E-state index contributed by atoms with van der Waals surface area (Å²) in [5, 5.41) is 9.15. The molecule has 2 heterocycles. The lowest BCUT2D eigenvalue weighted by molar-refractivity contribution is 0.0697. The van der Waals surface area contributed by atoms with Gasteiger partial charge in [-0.15, -0.1) is 0 Å². The minimum absolute atomic E-state index is 0.233. The van der Waals surface area contributed by atoms with Crippen molar-refractivity contribution in [2.24, 2.45) is 0 Å². The molecule has 0 aliphatic carbocycles. The van der Waals surface area contributed by atoms with E-state index in [1.165, 1.54) is 0 Å². The third-order valence-electron chi connectivity index (χ3n) is 2.51. The molecule has 0 saturated carbocycles. The maximum Gasteiger partial charge on any atom is 0.339 e. The van der Waals surface area contributed by atoms with Gasteiger partial charge in [0, 0.05) is 18.0 Å². The maximum absolute atomic E-state index is 11.2. The maximum atomic E-state index is 11.2. The van der Waals surface area contributed by atoms with Crippen molar-refractivity contribution >= 4 is 17.0 Å². The molecule has 0 unspecified atom stereocenters. The number of aromatic nitrogens is 2. The number of nitrogens with one attached hydrogen (secondary N) is 1. The number of nitrogens with zero attached hydrogens (tertiary/aromatic N) is 1. The lowest BCUT2D eigenvalue weighted by Crippen LogP contribution is -2.00. The highest BCUT2D eigenvalue weighted by Crippen LogP contribution is 2.27. The Hall–Kier alpha value is -2.04. The van der Waals surface area contributed by atoms with E-state index >= 15 is 0 Å². The van der Waals surface area contributed by atoms with Crippen LogP contribution in [0.3, 0.4) is 0 Å². The molecule has 0 spiro atoms. The number of fused-ring (bicyclic) bond motifs is 1. The average molecular weight is 220 g/mol. The summed E-state index contributed by atoms with van der Waals surface area (Å²) in [6, 6.07) is 1.70. The molecule has 0 fully saturated rings. The first-order chi connectivity index (χ1) is 7.69. The number of H-pyrrole nitrogens is 1. The number of hydrogen-bond acceptors (Lipinski definition) is 3. The van der Waals surface area contributed by atoms with Crippen molar-refractivity contribution < 1.29 is 14.6 Å². The number of aromatic carboxylic acids is 1. The van der Waals surface area contributed by atoms with Crippen LogP contribution in [-0.4, -0.2) is 28.2 Å². The van der Waals surface area contributed by atoms with Crippen molar-refractivity contribution in [3.8, 4) is 5.75 Å². The number of aromatic amines is 1. The third-order valence-corrected chi connectivity index (χ3v) is 2.51. The number of carboxylic acid groups (broad SMARTS) is 1. The van der Waals surface area contributed by atoms with Gasteiger partial charge >= 0.3 is 5.97 Å². The first kappa shape index (κ1) is 10.5. The van der Waals surface area contributed by atoms with Gasteiger partial charge in [0.2, 0.25) is 0 Å². The molecule has 16 heavy (non-hydrogen) atoms. The van der Waals surface area contributed by atoms with Crippen molar-refractivity contribution in [1.29, 1.82) is 0 Å². The zero-order valence-corrected chi connectivity index (χ0v) is 9.07. The van der Waals surface area contributed by atoms with Crippen molar-refractivity contribution in [2.45, 2.75) is 13.3 Å².